The summed E-state index contributed by atoms with van der Waals surface area (Å²) in [4.78, 5) is 15.6. The Kier molecular flexibility index (Phi) is 4.23. The van der Waals surface area contributed by atoms with Gasteiger partial charge in [-0.15, -0.1) is 0 Å². The van der Waals surface area contributed by atoms with E-state index in [0.717, 1.165) is 11.1 Å². The van der Waals surface area contributed by atoms with Gasteiger partial charge in [-0.25, -0.2) is 15.2 Å². The van der Waals surface area contributed by atoms with Gasteiger partial charge in [0, 0.05) is 6.20 Å². The van der Waals surface area contributed by atoms with E-state index in [2.05, 4.69) is 20.8 Å². The maximum atomic E-state index is 11.6. The summed E-state index contributed by atoms with van der Waals surface area (Å²) in [6.45, 7) is 1.87. The summed E-state index contributed by atoms with van der Waals surface area (Å²) in [5.74, 6) is 0.523. The van der Waals surface area contributed by atoms with E-state index in [9.17, 15) is 4.79 Å². The van der Waals surface area contributed by atoms with Crippen molar-refractivity contribution in [2.24, 2.45) is 5.10 Å². The van der Waals surface area contributed by atoms with Crippen molar-refractivity contribution in [3.8, 4) is 0 Å². The number of nitrogens with one attached hydrogen (secondary N) is 2. The van der Waals surface area contributed by atoms with Crippen LogP contribution in [0.2, 0.25) is 0 Å². The maximum Gasteiger partial charge on any atom is 0.340 e. The topological polar surface area (TPSA) is 66.4 Å². The highest BCUT2D eigenvalue weighted by molar-refractivity contribution is 5.90. The molecule has 0 aliphatic rings. The molecule has 1 aromatic heterocycles. The molecule has 0 bridgehead atoms. The van der Waals surface area contributed by atoms with Gasteiger partial charge < -0.3 is 0 Å². The molecule has 0 saturated carbocycles. The van der Waals surface area contributed by atoms with Gasteiger partial charge in [-0.3, -0.25) is 5.32 Å². The molecule has 0 radical (unpaired) electrons. The lowest BCUT2D eigenvalue weighted by atomic mass is 10.2. The molecule has 96 valence electrons. The first-order chi connectivity index (χ1) is 9.25. The van der Waals surface area contributed by atoms with Gasteiger partial charge in [0.25, 0.3) is 0 Å². The SMILES string of the molecule is Cc1cccnc1NC(=O)N/N=C/c1ccccc1. The third-order valence-corrected chi connectivity index (χ3v) is 2.42. The van der Waals surface area contributed by atoms with Crippen LogP contribution >= 0.6 is 0 Å². The molecule has 1 aromatic carbocycles. The molecule has 2 rings (SSSR count). The summed E-state index contributed by atoms with van der Waals surface area (Å²) in [6, 6.07) is 12.8. The molecule has 2 aromatic rings. The third kappa shape index (κ3) is 3.92. The number of anilines is 1. The van der Waals surface area contributed by atoms with Gasteiger partial charge in [0.1, 0.15) is 5.82 Å². The van der Waals surface area contributed by atoms with E-state index in [0.29, 0.717) is 5.82 Å². The minimum atomic E-state index is -0.422. The van der Waals surface area contributed by atoms with Crippen LogP contribution < -0.4 is 10.7 Å². The van der Waals surface area contributed by atoms with Crippen LogP contribution in [-0.4, -0.2) is 17.2 Å². The Morgan fingerprint density at radius 2 is 2.00 bits per heavy atom. The van der Waals surface area contributed by atoms with Crippen LogP contribution in [0.3, 0.4) is 0 Å². The van der Waals surface area contributed by atoms with Crippen LogP contribution in [0.15, 0.2) is 53.8 Å². The molecule has 0 fully saturated rings. The Morgan fingerprint density at radius 3 is 2.74 bits per heavy atom. The van der Waals surface area contributed by atoms with Gasteiger partial charge >= 0.3 is 6.03 Å². The average molecular weight is 254 g/mol. The number of amides is 2. The van der Waals surface area contributed by atoms with Crippen LogP contribution in [0.4, 0.5) is 10.6 Å². The van der Waals surface area contributed by atoms with Gasteiger partial charge in [0.15, 0.2) is 0 Å². The Bertz CT molecular complexity index is 581. The molecule has 0 spiro atoms. The first-order valence-corrected chi connectivity index (χ1v) is 5.82. The zero-order chi connectivity index (χ0) is 13.5. The highest BCUT2D eigenvalue weighted by Gasteiger charge is 2.02. The molecule has 5 heteroatoms. The number of pyridine rings is 1. The van der Waals surface area contributed by atoms with Crippen molar-refractivity contribution in [1.82, 2.24) is 10.4 Å². The van der Waals surface area contributed by atoms with Crippen molar-refractivity contribution in [2.75, 3.05) is 5.32 Å². The Morgan fingerprint density at radius 1 is 1.21 bits per heavy atom. The molecule has 0 unspecified atom stereocenters. The third-order valence-electron chi connectivity index (χ3n) is 2.42. The Balaban J connectivity index is 1.89. The number of urea groups is 1. The number of carbonyl (C=O) groups is 1. The molecule has 0 aliphatic carbocycles. The summed E-state index contributed by atoms with van der Waals surface area (Å²) in [6.07, 6.45) is 3.20. The van der Waals surface area contributed by atoms with Crippen LogP contribution in [0.25, 0.3) is 0 Å². The first-order valence-electron chi connectivity index (χ1n) is 5.82. The molecule has 0 atom stereocenters. The number of hydrazone groups is 1. The Labute approximate surface area is 111 Å². The molecular formula is C14H14N4O. The number of aromatic nitrogens is 1. The highest BCUT2D eigenvalue weighted by atomic mass is 16.2. The lowest BCUT2D eigenvalue weighted by Gasteiger charge is -2.05. The highest BCUT2D eigenvalue weighted by Crippen LogP contribution is 2.08. The van der Waals surface area contributed by atoms with Crippen molar-refractivity contribution >= 4 is 18.1 Å². The molecule has 19 heavy (non-hydrogen) atoms. The number of carbonyl (C=O) groups excluding carboxylic acids is 1. The Hall–Kier alpha value is -2.69. The minimum absolute atomic E-state index is 0.422. The first kappa shape index (κ1) is 12.8. The van der Waals surface area contributed by atoms with Crippen molar-refractivity contribution in [3.63, 3.8) is 0 Å². The number of rotatable bonds is 3. The monoisotopic (exact) mass is 254 g/mol. The lowest BCUT2D eigenvalue weighted by molar-refractivity contribution is 0.252. The number of aryl methyl sites for hydroxylation is 1. The number of nitrogens with zero attached hydrogens (tertiary/aromatic N) is 2. The summed E-state index contributed by atoms with van der Waals surface area (Å²) in [5, 5.41) is 6.47. The second-order valence-electron chi connectivity index (χ2n) is 3.90. The van der Waals surface area contributed by atoms with E-state index in [1.165, 1.54) is 0 Å². The van der Waals surface area contributed by atoms with Gasteiger partial charge in [0.2, 0.25) is 0 Å². The van der Waals surface area contributed by atoms with Crippen molar-refractivity contribution < 1.29 is 4.79 Å². The van der Waals surface area contributed by atoms with E-state index in [-0.39, 0.29) is 0 Å². The van der Waals surface area contributed by atoms with Crippen molar-refractivity contribution in [2.45, 2.75) is 6.92 Å². The van der Waals surface area contributed by atoms with Gasteiger partial charge in [-0.2, -0.15) is 5.10 Å². The fourth-order valence-corrected chi connectivity index (χ4v) is 1.46. The van der Waals surface area contributed by atoms with Crippen LogP contribution in [-0.2, 0) is 0 Å². The fraction of sp³-hybridized carbons (Fsp3) is 0.0714. The molecule has 2 amide bonds. The smallest absolute Gasteiger partial charge is 0.291 e. The van der Waals surface area contributed by atoms with Crippen molar-refractivity contribution in [1.29, 1.82) is 0 Å². The maximum absolute atomic E-state index is 11.6. The molecule has 2 N–H and O–H groups in total. The second kappa shape index (κ2) is 6.30. The number of hydrogen-bond donors (Lipinski definition) is 2. The van der Waals surface area contributed by atoms with Crippen molar-refractivity contribution in [3.05, 3.63) is 59.8 Å². The van der Waals surface area contributed by atoms with Crippen LogP contribution in [0.5, 0.6) is 0 Å². The number of hydrogen-bond acceptors (Lipinski definition) is 3. The molecule has 1 heterocycles. The number of benzene rings is 1. The standard InChI is InChI=1S/C14H14N4O/c1-11-6-5-9-15-13(11)17-14(19)18-16-10-12-7-3-2-4-8-12/h2-10H,1H3,(H2,15,17,18,19)/b16-10+. The van der Waals surface area contributed by atoms with E-state index in [1.54, 1.807) is 12.4 Å². The summed E-state index contributed by atoms with van der Waals surface area (Å²) in [7, 11) is 0. The normalized spacial score (nSPS) is 10.4. The predicted molar refractivity (Wildman–Crippen MR) is 75.2 cm³/mol. The fourth-order valence-electron chi connectivity index (χ4n) is 1.46. The molecule has 5 nitrogen and oxygen atoms in total. The largest absolute Gasteiger partial charge is 0.340 e. The quantitative estimate of drug-likeness (QED) is 0.653. The minimum Gasteiger partial charge on any atom is -0.291 e. The van der Waals surface area contributed by atoms with Gasteiger partial charge in [-0.05, 0) is 24.1 Å². The van der Waals surface area contributed by atoms with E-state index in [4.69, 9.17) is 0 Å². The van der Waals surface area contributed by atoms with E-state index >= 15 is 0 Å². The summed E-state index contributed by atoms with van der Waals surface area (Å²) < 4.78 is 0. The lowest BCUT2D eigenvalue weighted by Crippen LogP contribution is -2.25. The van der Waals surface area contributed by atoms with Crippen LogP contribution in [0, 0.1) is 6.92 Å². The molecular weight excluding hydrogens is 240 g/mol. The van der Waals surface area contributed by atoms with E-state index in [1.807, 2.05) is 49.4 Å². The second-order valence-corrected chi connectivity index (χ2v) is 3.90. The zero-order valence-electron chi connectivity index (χ0n) is 10.5. The summed E-state index contributed by atoms with van der Waals surface area (Å²) >= 11 is 0. The molecule has 0 aliphatic heterocycles. The summed E-state index contributed by atoms with van der Waals surface area (Å²) in [5.41, 5.74) is 4.19. The average Bonchev–Trinajstić information content (AvgIpc) is 2.43. The molecule has 0 saturated heterocycles. The van der Waals surface area contributed by atoms with Gasteiger partial charge in [0.05, 0.1) is 6.21 Å². The van der Waals surface area contributed by atoms with E-state index < -0.39 is 6.03 Å². The zero-order valence-corrected chi connectivity index (χ0v) is 10.5. The van der Waals surface area contributed by atoms with Gasteiger partial charge in [-0.1, -0.05) is 36.4 Å². The van der Waals surface area contributed by atoms with Crippen LogP contribution in [0.1, 0.15) is 11.1 Å². The predicted octanol–water partition coefficient (Wildman–Crippen LogP) is 2.55.